The lowest BCUT2D eigenvalue weighted by Crippen LogP contribution is -2.56. The molecule has 1 heterocycles. The first-order valence-electron chi connectivity index (χ1n) is 9.80. The Morgan fingerprint density at radius 2 is 2.09 bits per heavy atom. The molecule has 1 aromatic carbocycles. The van der Waals surface area contributed by atoms with E-state index in [1.165, 1.54) is 24.0 Å². The van der Waals surface area contributed by atoms with Crippen LogP contribution in [0.5, 0.6) is 5.75 Å². The highest BCUT2D eigenvalue weighted by molar-refractivity contribution is 5.81. The average Bonchev–Trinajstić information content (AvgIpc) is 2.68. The van der Waals surface area contributed by atoms with Gasteiger partial charge in [-0.1, -0.05) is 12.1 Å². The Bertz CT molecular complexity index is 808. The van der Waals surface area contributed by atoms with Gasteiger partial charge >= 0.3 is 6.36 Å². The minimum absolute atomic E-state index is 0.0333. The van der Waals surface area contributed by atoms with Gasteiger partial charge in [0.1, 0.15) is 11.9 Å². The van der Waals surface area contributed by atoms with E-state index in [1.807, 2.05) is 0 Å². The van der Waals surface area contributed by atoms with E-state index in [2.05, 4.69) is 4.74 Å². The van der Waals surface area contributed by atoms with E-state index in [0.717, 1.165) is 12.1 Å². The molecule has 1 aliphatic heterocycles. The number of hydroxylamine groups is 1. The lowest BCUT2D eigenvalue weighted by Gasteiger charge is -2.43. The summed E-state index contributed by atoms with van der Waals surface area (Å²) in [4.78, 5) is 23.8. The highest BCUT2D eigenvalue weighted by Gasteiger charge is 2.49. The summed E-state index contributed by atoms with van der Waals surface area (Å²) in [6.45, 7) is 1.58. The standard InChI is InChI=1S/C20H26F3N2O7/c1-11-9-19(29,10-16(31-11)17(24)27)15(18(28)25-30)8-13(26)6-5-12-3-2-4-14(7-12)32-20(21,22)23/h2-4,6-7,11,13,15-16,26,29-30H,5,8-10H2,1H3,(H2,24,27)(H,25,28). The molecule has 1 aromatic rings. The third-order valence-electron chi connectivity index (χ3n) is 5.20. The molecule has 1 saturated heterocycles. The Morgan fingerprint density at radius 1 is 1.41 bits per heavy atom. The number of ether oxygens (including phenoxy) is 2. The van der Waals surface area contributed by atoms with Crippen LogP contribution in [0.4, 0.5) is 13.2 Å². The van der Waals surface area contributed by atoms with E-state index in [9.17, 15) is 33.0 Å². The van der Waals surface area contributed by atoms with Crippen LogP contribution in [0.15, 0.2) is 24.3 Å². The van der Waals surface area contributed by atoms with Gasteiger partial charge in [0.05, 0.1) is 23.7 Å². The molecule has 0 bridgehead atoms. The van der Waals surface area contributed by atoms with Gasteiger partial charge in [-0.2, -0.15) is 0 Å². The molecule has 2 rings (SSSR count). The molecule has 5 atom stereocenters. The van der Waals surface area contributed by atoms with Gasteiger partial charge in [-0.3, -0.25) is 14.8 Å². The van der Waals surface area contributed by atoms with Crippen molar-refractivity contribution < 1.29 is 47.7 Å². The number of rotatable bonds is 9. The van der Waals surface area contributed by atoms with E-state index in [0.29, 0.717) is 5.56 Å². The molecular weight excluding hydrogens is 437 g/mol. The van der Waals surface area contributed by atoms with Crippen molar-refractivity contribution >= 4 is 11.8 Å². The number of amides is 2. The fourth-order valence-electron chi connectivity index (χ4n) is 3.86. The van der Waals surface area contributed by atoms with Gasteiger partial charge < -0.3 is 25.4 Å². The van der Waals surface area contributed by atoms with Crippen LogP contribution in [0.3, 0.4) is 0 Å². The maximum absolute atomic E-state index is 12.4. The maximum Gasteiger partial charge on any atom is 0.573 e. The fourth-order valence-corrected chi connectivity index (χ4v) is 3.86. The number of aliphatic hydroxyl groups excluding tert-OH is 1. The zero-order chi connectivity index (χ0) is 24.1. The summed E-state index contributed by atoms with van der Waals surface area (Å²) >= 11 is 0. The van der Waals surface area contributed by atoms with Crippen molar-refractivity contribution in [2.45, 2.75) is 62.9 Å². The van der Waals surface area contributed by atoms with Gasteiger partial charge in [0, 0.05) is 12.8 Å². The molecule has 0 saturated carbocycles. The Morgan fingerprint density at radius 3 is 2.69 bits per heavy atom. The summed E-state index contributed by atoms with van der Waals surface area (Å²) in [5.74, 6) is -3.55. The number of hydrogen-bond donors (Lipinski definition) is 5. The van der Waals surface area contributed by atoms with Crippen LogP contribution in [0.25, 0.3) is 0 Å². The molecule has 179 valence electrons. The molecule has 9 nitrogen and oxygen atoms in total. The number of nitrogens with two attached hydrogens (primary N) is 1. The maximum atomic E-state index is 12.4. The topological polar surface area (TPSA) is 151 Å². The van der Waals surface area contributed by atoms with E-state index in [1.54, 1.807) is 6.92 Å². The monoisotopic (exact) mass is 463 g/mol. The van der Waals surface area contributed by atoms with Gasteiger partial charge in [-0.25, -0.2) is 5.48 Å². The van der Waals surface area contributed by atoms with Crippen molar-refractivity contribution in [1.29, 1.82) is 0 Å². The van der Waals surface area contributed by atoms with Crippen molar-refractivity contribution in [3.8, 4) is 5.75 Å². The second-order valence-electron chi connectivity index (χ2n) is 7.82. The molecule has 5 unspecified atom stereocenters. The first-order valence-corrected chi connectivity index (χ1v) is 9.80. The number of nitrogens with one attached hydrogen (secondary N) is 1. The molecule has 1 fully saturated rings. The Hall–Kier alpha value is -2.41. The van der Waals surface area contributed by atoms with E-state index in [4.69, 9.17) is 15.7 Å². The molecular formula is C20H26F3N2O7. The molecule has 32 heavy (non-hydrogen) atoms. The summed E-state index contributed by atoms with van der Waals surface area (Å²) in [7, 11) is 0. The Labute approximate surface area is 182 Å². The summed E-state index contributed by atoms with van der Waals surface area (Å²) < 4.78 is 46.3. The number of carbonyl (C=O) groups is 2. The van der Waals surface area contributed by atoms with Crippen molar-refractivity contribution in [2.75, 3.05) is 0 Å². The minimum atomic E-state index is -4.84. The van der Waals surface area contributed by atoms with Gasteiger partial charge in [0.2, 0.25) is 11.8 Å². The molecule has 0 aliphatic carbocycles. The normalized spacial score (nSPS) is 25.6. The van der Waals surface area contributed by atoms with Crippen molar-refractivity contribution in [2.24, 2.45) is 11.7 Å². The summed E-state index contributed by atoms with van der Waals surface area (Å²) in [6.07, 6.45) is -7.24. The SMILES string of the molecule is CC1CC(O)(C(CC(O)[CH]Cc2cccc(OC(F)(F)F)c2)C(=O)NO)CC(C(N)=O)O1. The van der Waals surface area contributed by atoms with Crippen LogP contribution in [0, 0.1) is 12.3 Å². The van der Waals surface area contributed by atoms with Crippen LogP contribution in [0.1, 0.15) is 31.7 Å². The number of aliphatic hydroxyl groups is 2. The van der Waals surface area contributed by atoms with Crippen molar-refractivity contribution in [3.05, 3.63) is 36.2 Å². The average molecular weight is 463 g/mol. The predicted molar refractivity (Wildman–Crippen MR) is 103 cm³/mol. The van der Waals surface area contributed by atoms with Crippen LogP contribution in [-0.2, 0) is 20.7 Å². The number of halogens is 3. The van der Waals surface area contributed by atoms with E-state index < -0.39 is 53.8 Å². The van der Waals surface area contributed by atoms with Crippen LogP contribution in [0.2, 0.25) is 0 Å². The lowest BCUT2D eigenvalue weighted by atomic mass is 9.73. The number of primary amides is 1. The zero-order valence-electron chi connectivity index (χ0n) is 17.2. The quantitative estimate of drug-likeness (QED) is 0.271. The van der Waals surface area contributed by atoms with Gasteiger partial charge in [-0.15, -0.1) is 13.2 Å². The number of carbonyl (C=O) groups excluding carboxylic acids is 2. The highest BCUT2D eigenvalue weighted by Crippen LogP contribution is 2.37. The summed E-state index contributed by atoms with van der Waals surface area (Å²) in [5, 5.41) is 30.6. The number of alkyl halides is 3. The largest absolute Gasteiger partial charge is 0.573 e. The molecule has 0 aromatic heterocycles. The van der Waals surface area contributed by atoms with Gasteiger partial charge in [0.25, 0.3) is 0 Å². The molecule has 1 aliphatic rings. The van der Waals surface area contributed by atoms with Gasteiger partial charge in [0.15, 0.2) is 0 Å². The molecule has 2 amide bonds. The van der Waals surface area contributed by atoms with Crippen LogP contribution < -0.4 is 16.0 Å². The third kappa shape index (κ3) is 7.33. The van der Waals surface area contributed by atoms with Crippen molar-refractivity contribution in [3.63, 3.8) is 0 Å². The van der Waals surface area contributed by atoms with E-state index in [-0.39, 0.29) is 25.7 Å². The van der Waals surface area contributed by atoms with Crippen LogP contribution >= 0.6 is 0 Å². The zero-order valence-corrected chi connectivity index (χ0v) is 17.2. The van der Waals surface area contributed by atoms with Crippen LogP contribution in [-0.4, -0.2) is 57.5 Å². The number of benzene rings is 1. The summed E-state index contributed by atoms with van der Waals surface area (Å²) in [6, 6.07) is 5.16. The summed E-state index contributed by atoms with van der Waals surface area (Å²) in [5.41, 5.74) is 5.31. The molecule has 12 heteroatoms. The number of hydrogen-bond acceptors (Lipinski definition) is 7. The van der Waals surface area contributed by atoms with E-state index >= 15 is 0 Å². The second-order valence-corrected chi connectivity index (χ2v) is 7.82. The highest BCUT2D eigenvalue weighted by atomic mass is 19.4. The Balaban J connectivity index is 2.07. The Kier molecular flexibility index (Phi) is 8.46. The fraction of sp³-hybridized carbons (Fsp3) is 0.550. The van der Waals surface area contributed by atoms with Crippen molar-refractivity contribution in [1.82, 2.24) is 5.48 Å². The van der Waals surface area contributed by atoms with Gasteiger partial charge in [-0.05, 0) is 43.9 Å². The lowest BCUT2D eigenvalue weighted by molar-refractivity contribution is -0.274. The minimum Gasteiger partial charge on any atom is -0.406 e. The third-order valence-corrected chi connectivity index (χ3v) is 5.20. The second kappa shape index (κ2) is 10.5. The molecule has 6 N–H and O–H groups in total. The molecule has 0 spiro atoms. The smallest absolute Gasteiger partial charge is 0.406 e. The predicted octanol–water partition coefficient (Wildman–Crippen LogP) is 0.988. The first kappa shape index (κ1) is 25.8. The molecule has 1 radical (unpaired) electrons. The first-order chi connectivity index (χ1) is 14.8.